The van der Waals surface area contributed by atoms with Crippen LogP contribution in [-0.2, 0) is 9.47 Å². The molecule has 2 rings (SSSR count). The molecule has 8 heteroatoms. The Hall–Kier alpha value is -1.64. The molecule has 1 N–H and O–H groups in total. The molecule has 1 aromatic heterocycles. The lowest BCUT2D eigenvalue weighted by atomic mass is 10.3. The molecule has 0 amide bonds. The highest BCUT2D eigenvalue weighted by molar-refractivity contribution is 7.99. The monoisotopic (exact) mass is 310 g/mol. The lowest BCUT2D eigenvalue weighted by molar-refractivity contribution is 0.113. The molecule has 0 saturated carbocycles. The second-order valence-corrected chi connectivity index (χ2v) is 5.26. The van der Waals surface area contributed by atoms with E-state index in [1.165, 1.54) is 11.8 Å². The Bertz CT molecular complexity index is 532. The summed E-state index contributed by atoms with van der Waals surface area (Å²) in [4.78, 5) is 0. The van der Waals surface area contributed by atoms with Gasteiger partial charge in [0.25, 0.3) is 0 Å². The van der Waals surface area contributed by atoms with Crippen molar-refractivity contribution < 1.29 is 14.6 Å². The van der Waals surface area contributed by atoms with Crippen molar-refractivity contribution in [2.45, 2.75) is 11.6 Å². The summed E-state index contributed by atoms with van der Waals surface area (Å²) >= 11 is 1.52. The lowest BCUT2D eigenvalue weighted by Crippen LogP contribution is -2.04. The fraction of sp³-hybridized carbons (Fsp3) is 0.462. The molecule has 7 nitrogen and oxygen atoms in total. The maximum Gasteiger partial charge on any atom is 0.214 e. The average molecular weight is 310 g/mol. The highest BCUT2D eigenvalue weighted by atomic mass is 32.2. The number of ether oxygens (including phenoxy) is 2. The van der Waals surface area contributed by atoms with Crippen LogP contribution in [-0.4, -0.2) is 58.0 Å². The molecule has 0 saturated heterocycles. The zero-order valence-corrected chi connectivity index (χ0v) is 12.6. The number of hydrogen-bond acceptors (Lipinski definition) is 7. The predicted molar refractivity (Wildman–Crippen MR) is 78.9 cm³/mol. The first kappa shape index (κ1) is 15.7. The van der Waals surface area contributed by atoms with Crippen LogP contribution in [0.3, 0.4) is 0 Å². The van der Waals surface area contributed by atoms with Gasteiger partial charge >= 0.3 is 0 Å². The Morgan fingerprint density at radius 3 is 2.76 bits per heavy atom. The lowest BCUT2D eigenvalue weighted by Gasteiger charge is -2.05. The molecule has 1 heterocycles. The predicted octanol–water partition coefficient (Wildman–Crippen LogP) is 1.51. The van der Waals surface area contributed by atoms with Crippen LogP contribution >= 0.6 is 11.8 Å². The first-order valence-corrected chi connectivity index (χ1v) is 7.57. The zero-order chi connectivity index (χ0) is 14.9. The van der Waals surface area contributed by atoms with Crippen LogP contribution in [0.15, 0.2) is 29.4 Å². The van der Waals surface area contributed by atoms with Gasteiger partial charge in [-0.05, 0) is 41.1 Å². The molecule has 2 aromatic rings. The summed E-state index contributed by atoms with van der Waals surface area (Å²) in [6.07, 6.45) is 0.895. The number of aromatic nitrogens is 4. The number of tetrazole rings is 1. The van der Waals surface area contributed by atoms with E-state index in [9.17, 15) is 5.11 Å². The number of methoxy groups -OCH3 is 1. The van der Waals surface area contributed by atoms with Gasteiger partial charge in [0, 0.05) is 26.1 Å². The summed E-state index contributed by atoms with van der Waals surface area (Å²) in [5, 5.41) is 21.6. The quantitative estimate of drug-likeness (QED) is 0.555. The molecule has 0 radical (unpaired) electrons. The molecule has 0 aliphatic rings. The first-order chi connectivity index (χ1) is 10.3. The van der Waals surface area contributed by atoms with Crippen molar-refractivity contribution in [3.05, 3.63) is 24.3 Å². The molecule has 0 fully saturated rings. The number of phenols is 1. The van der Waals surface area contributed by atoms with Crippen LogP contribution < -0.4 is 0 Å². The standard InChI is InChI=1S/C13H18N4O3S/c1-19-7-2-8-20-9-10-21-13-14-15-16-17(13)11-3-5-12(18)6-4-11/h3-6,18H,2,7-10H2,1H3. The van der Waals surface area contributed by atoms with Crippen LogP contribution in [0.4, 0.5) is 0 Å². The summed E-state index contributed by atoms with van der Waals surface area (Å²) in [6, 6.07) is 6.72. The fourth-order valence-electron chi connectivity index (χ4n) is 1.62. The number of rotatable bonds is 9. The maximum atomic E-state index is 9.29. The van der Waals surface area contributed by atoms with Gasteiger partial charge in [0.15, 0.2) is 0 Å². The van der Waals surface area contributed by atoms with Crippen LogP contribution in [0, 0.1) is 0 Å². The van der Waals surface area contributed by atoms with Crippen molar-refractivity contribution in [3.8, 4) is 11.4 Å². The Kier molecular flexibility index (Phi) is 6.45. The van der Waals surface area contributed by atoms with Gasteiger partial charge in [-0.15, -0.1) is 5.10 Å². The Balaban J connectivity index is 1.79. The van der Waals surface area contributed by atoms with Gasteiger partial charge in [-0.2, -0.15) is 4.68 Å². The van der Waals surface area contributed by atoms with Gasteiger partial charge < -0.3 is 14.6 Å². The van der Waals surface area contributed by atoms with E-state index in [1.807, 2.05) is 0 Å². The number of nitrogens with zero attached hydrogens (tertiary/aromatic N) is 4. The average Bonchev–Trinajstić information content (AvgIpc) is 2.95. The molecule has 0 bridgehead atoms. The van der Waals surface area contributed by atoms with E-state index in [2.05, 4.69) is 15.5 Å². The molecule has 114 valence electrons. The van der Waals surface area contributed by atoms with E-state index in [-0.39, 0.29) is 5.75 Å². The van der Waals surface area contributed by atoms with Crippen molar-refractivity contribution in [1.29, 1.82) is 0 Å². The van der Waals surface area contributed by atoms with Gasteiger partial charge in [-0.3, -0.25) is 0 Å². The molecule has 21 heavy (non-hydrogen) atoms. The minimum absolute atomic E-state index is 0.213. The number of aromatic hydroxyl groups is 1. The largest absolute Gasteiger partial charge is 0.508 e. The molecule has 1 aromatic carbocycles. The second-order valence-electron chi connectivity index (χ2n) is 4.20. The Morgan fingerprint density at radius 1 is 1.19 bits per heavy atom. The summed E-state index contributed by atoms with van der Waals surface area (Å²) in [5.74, 6) is 0.983. The van der Waals surface area contributed by atoms with Crippen LogP contribution in [0.2, 0.25) is 0 Å². The Labute approximate surface area is 127 Å². The first-order valence-electron chi connectivity index (χ1n) is 6.58. The minimum Gasteiger partial charge on any atom is -0.508 e. The van der Waals surface area contributed by atoms with E-state index in [4.69, 9.17) is 9.47 Å². The van der Waals surface area contributed by atoms with Gasteiger partial charge in [0.1, 0.15) is 5.75 Å². The van der Waals surface area contributed by atoms with Crippen molar-refractivity contribution in [2.24, 2.45) is 0 Å². The van der Waals surface area contributed by atoms with E-state index >= 15 is 0 Å². The van der Waals surface area contributed by atoms with Crippen molar-refractivity contribution >= 4 is 11.8 Å². The van der Waals surface area contributed by atoms with Crippen LogP contribution in [0.25, 0.3) is 5.69 Å². The molecule has 0 atom stereocenters. The minimum atomic E-state index is 0.213. The molecule has 0 spiro atoms. The molecule has 0 aliphatic carbocycles. The number of thioether (sulfide) groups is 1. The zero-order valence-electron chi connectivity index (χ0n) is 11.8. The van der Waals surface area contributed by atoms with Crippen molar-refractivity contribution in [2.75, 3.05) is 32.7 Å². The summed E-state index contributed by atoms with van der Waals surface area (Å²) in [6.45, 7) is 2.04. The van der Waals surface area contributed by atoms with E-state index in [0.717, 1.165) is 17.9 Å². The van der Waals surface area contributed by atoms with Gasteiger partial charge in [-0.25, -0.2) is 0 Å². The van der Waals surface area contributed by atoms with Crippen molar-refractivity contribution in [1.82, 2.24) is 20.2 Å². The highest BCUT2D eigenvalue weighted by Gasteiger charge is 2.08. The third kappa shape index (κ3) is 5.00. The summed E-state index contributed by atoms with van der Waals surface area (Å²) in [5.41, 5.74) is 0.807. The topological polar surface area (TPSA) is 82.3 Å². The smallest absolute Gasteiger partial charge is 0.214 e. The van der Waals surface area contributed by atoms with Crippen LogP contribution in [0.1, 0.15) is 6.42 Å². The molecule has 0 unspecified atom stereocenters. The van der Waals surface area contributed by atoms with E-state index < -0.39 is 0 Å². The number of benzene rings is 1. The molecular formula is C13H18N4O3S. The molecule has 0 aliphatic heterocycles. The van der Waals surface area contributed by atoms with Gasteiger partial charge in [0.2, 0.25) is 5.16 Å². The van der Waals surface area contributed by atoms with Crippen molar-refractivity contribution in [3.63, 3.8) is 0 Å². The van der Waals surface area contributed by atoms with E-state index in [0.29, 0.717) is 25.0 Å². The number of phenolic OH excluding ortho intramolecular Hbond substituents is 1. The second kappa shape index (κ2) is 8.60. The van der Waals surface area contributed by atoms with Crippen LogP contribution in [0.5, 0.6) is 5.75 Å². The molecular weight excluding hydrogens is 292 g/mol. The number of hydrogen-bond donors (Lipinski definition) is 1. The third-order valence-corrected chi connectivity index (χ3v) is 3.51. The van der Waals surface area contributed by atoms with E-state index in [1.54, 1.807) is 36.1 Å². The highest BCUT2D eigenvalue weighted by Crippen LogP contribution is 2.19. The third-order valence-electron chi connectivity index (χ3n) is 2.63. The maximum absolute atomic E-state index is 9.29. The summed E-state index contributed by atoms with van der Waals surface area (Å²) < 4.78 is 12.1. The summed E-state index contributed by atoms with van der Waals surface area (Å²) in [7, 11) is 1.68. The fourth-order valence-corrected chi connectivity index (χ4v) is 2.37. The van der Waals surface area contributed by atoms with Gasteiger partial charge in [-0.1, -0.05) is 11.8 Å². The Morgan fingerprint density at radius 2 is 2.00 bits per heavy atom. The normalized spacial score (nSPS) is 10.9. The van der Waals surface area contributed by atoms with Gasteiger partial charge in [0.05, 0.1) is 12.3 Å². The SMILES string of the molecule is COCCCOCCSc1nnnn1-c1ccc(O)cc1.